The second kappa shape index (κ2) is 5.61. The Bertz CT molecular complexity index is 518. The SMILES string of the molecule is CCOC1CC(N)(C(=O)Nc2ccccc2I)C1(C)C. The first-order valence-electron chi connectivity index (χ1n) is 6.79. The second-order valence-electron chi connectivity index (χ2n) is 5.78. The summed E-state index contributed by atoms with van der Waals surface area (Å²) < 4.78 is 6.65. The summed E-state index contributed by atoms with van der Waals surface area (Å²) in [4.78, 5) is 12.5. The van der Waals surface area contributed by atoms with E-state index in [0.29, 0.717) is 13.0 Å². The van der Waals surface area contributed by atoms with Crippen molar-refractivity contribution in [2.75, 3.05) is 11.9 Å². The maximum Gasteiger partial charge on any atom is 0.245 e. The molecule has 1 saturated carbocycles. The van der Waals surface area contributed by atoms with Gasteiger partial charge < -0.3 is 15.8 Å². The van der Waals surface area contributed by atoms with Crippen LogP contribution in [-0.2, 0) is 9.53 Å². The molecule has 3 N–H and O–H groups in total. The number of amides is 1. The van der Waals surface area contributed by atoms with E-state index in [9.17, 15) is 4.79 Å². The summed E-state index contributed by atoms with van der Waals surface area (Å²) in [5.41, 5.74) is 5.90. The van der Waals surface area contributed by atoms with Crippen molar-refractivity contribution < 1.29 is 9.53 Å². The van der Waals surface area contributed by atoms with Gasteiger partial charge in [0, 0.05) is 22.0 Å². The van der Waals surface area contributed by atoms with E-state index < -0.39 is 5.54 Å². The number of carbonyl (C=O) groups excluding carboxylic acids is 1. The number of anilines is 1. The lowest BCUT2D eigenvalue weighted by Gasteiger charge is -2.57. The van der Waals surface area contributed by atoms with Crippen LogP contribution in [0.25, 0.3) is 0 Å². The van der Waals surface area contributed by atoms with Crippen molar-refractivity contribution in [3.05, 3.63) is 27.8 Å². The quantitative estimate of drug-likeness (QED) is 0.780. The van der Waals surface area contributed by atoms with Crippen LogP contribution in [-0.4, -0.2) is 24.2 Å². The van der Waals surface area contributed by atoms with Gasteiger partial charge in [0.15, 0.2) is 0 Å². The molecular weight excluding hydrogens is 367 g/mol. The van der Waals surface area contributed by atoms with E-state index in [2.05, 4.69) is 27.9 Å². The van der Waals surface area contributed by atoms with Crippen molar-refractivity contribution in [1.29, 1.82) is 0 Å². The first kappa shape index (κ1) is 15.7. The van der Waals surface area contributed by atoms with Gasteiger partial charge in [-0.15, -0.1) is 0 Å². The Morgan fingerprint density at radius 3 is 2.70 bits per heavy atom. The molecule has 2 atom stereocenters. The zero-order valence-corrected chi connectivity index (χ0v) is 14.2. The molecule has 0 aliphatic heterocycles. The van der Waals surface area contributed by atoms with E-state index in [0.717, 1.165) is 9.26 Å². The molecular formula is C15H21IN2O2. The lowest BCUT2D eigenvalue weighted by atomic mass is 9.54. The van der Waals surface area contributed by atoms with Crippen LogP contribution in [0.1, 0.15) is 27.2 Å². The number of nitrogens with two attached hydrogens (primary N) is 1. The molecule has 0 aromatic heterocycles. The fourth-order valence-corrected chi connectivity index (χ4v) is 3.14. The predicted octanol–water partition coefficient (Wildman–Crippen LogP) is 2.76. The summed E-state index contributed by atoms with van der Waals surface area (Å²) in [6.07, 6.45) is 0.599. The van der Waals surface area contributed by atoms with Gasteiger partial charge in [-0.25, -0.2) is 0 Å². The molecule has 0 heterocycles. The van der Waals surface area contributed by atoms with Crippen molar-refractivity contribution in [1.82, 2.24) is 0 Å². The third-order valence-corrected chi connectivity index (χ3v) is 5.30. The minimum absolute atomic E-state index is 0.0399. The molecule has 0 saturated heterocycles. The van der Waals surface area contributed by atoms with Gasteiger partial charge in [-0.05, 0) is 41.6 Å². The van der Waals surface area contributed by atoms with E-state index >= 15 is 0 Å². The Morgan fingerprint density at radius 1 is 1.50 bits per heavy atom. The summed E-state index contributed by atoms with van der Waals surface area (Å²) in [5, 5.41) is 2.94. The number of rotatable bonds is 4. The van der Waals surface area contributed by atoms with E-state index in [-0.39, 0.29) is 17.4 Å². The molecule has 1 amide bonds. The molecule has 110 valence electrons. The minimum Gasteiger partial charge on any atom is -0.378 e. The average Bonchev–Trinajstić information content (AvgIpc) is 2.40. The summed E-state index contributed by atoms with van der Waals surface area (Å²) in [6, 6.07) is 7.67. The molecule has 0 bridgehead atoms. The highest BCUT2D eigenvalue weighted by atomic mass is 127. The minimum atomic E-state index is -0.883. The maximum absolute atomic E-state index is 12.5. The highest BCUT2D eigenvalue weighted by Gasteiger charge is 2.62. The van der Waals surface area contributed by atoms with Gasteiger partial charge in [0.2, 0.25) is 5.91 Å². The molecule has 0 spiro atoms. The van der Waals surface area contributed by atoms with Crippen molar-refractivity contribution >= 4 is 34.2 Å². The molecule has 2 unspecified atom stereocenters. The fraction of sp³-hybridized carbons (Fsp3) is 0.533. The van der Waals surface area contributed by atoms with Crippen LogP contribution < -0.4 is 11.1 Å². The Hall–Kier alpha value is -0.660. The van der Waals surface area contributed by atoms with Gasteiger partial charge in [0.25, 0.3) is 0 Å². The zero-order valence-electron chi connectivity index (χ0n) is 12.1. The van der Waals surface area contributed by atoms with Crippen LogP contribution >= 0.6 is 22.6 Å². The molecule has 1 aromatic carbocycles. The zero-order chi connectivity index (χ0) is 15.0. The summed E-state index contributed by atoms with van der Waals surface area (Å²) in [5.74, 6) is -0.137. The Labute approximate surface area is 133 Å². The first-order chi connectivity index (χ1) is 9.33. The highest BCUT2D eigenvalue weighted by molar-refractivity contribution is 14.1. The first-order valence-corrected chi connectivity index (χ1v) is 7.87. The molecule has 1 aliphatic carbocycles. The Balaban J connectivity index is 2.12. The topological polar surface area (TPSA) is 64.3 Å². The van der Waals surface area contributed by atoms with Crippen LogP contribution in [0, 0.1) is 8.99 Å². The van der Waals surface area contributed by atoms with Crippen molar-refractivity contribution in [3.63, 3.8) is 0 Å². The maximum atomic E-state index is 12.5. The van der Waals surface area contributed by atoms with E-state index in [1.165, 1.54) is 0 Å². The molecule has 0 radical (unpaired) electrons. The Kier molecular flexibility index (Phi) is 4.41. The lowest BCUT2D eigenvalue weighted by molar-refractivity contribution is -0.166. The molecule has 4 nitrogen and oxygen atoms in total. The number of halogens is 1. The fourth-order valence-electron chi connectivity index (χ4n) is 2.62. The normalized spacial score (nSPS) is 27.8. The van der Waals surface area contributed by atoms with Crippen LogP contribution in [0.2, 0.25) is 0 Å². The third kappa shape index (κ3) is 2.46. The van der Waals surface area contributed by atoms with Crippen LogP contribution in [0.4, 0.5) is 5.69 Å². The molecule has 2 rings (SSSR count). The molecule has 5 heteroatoms. The van der Waals surface area contributed by atoms with E-state index in [1.54, 1.807) is 0 Å². The highest BCUT2D eigenvalue weighted by Crippen LogP contribution is 2.50. The number of para-hydroxylation sites is 1. The monoisotopic (exact) mass is 388 g/mol. The van der Waals surface area contributed by atoms with Crippen molar-refractivity contribution in [3.8, 4) is 0 Å². The molecule has 1 aromatic rings. The van der Waals surface area contributed by atoms with Crippen LogP contribution in [0.15, 0.2) is 24.3 Å². The molecule has 20 heavy (non-hydrogen) atoms. The van der Waals surface area contributed by atoms with E-state index in [4.69, 9.17) is 10.5 Å². The summed E-state index contributed by atoms with van der Waals surface area (Å²) in [7, 11) is 0. The second-order valence-corrected chi connectivity index (χ2v) is 6.94. The summed E-state index contributed by atoms with van der Waals surface area (Å²) >= 11 is 2.20. The van der Waals surface area contributed by atoms with Crippen molar-refractivity contribution in [2.24, 2.45) is 11.1 Å². The van der Waals surface area contributed by atoms with Gasteiger partial charge >= 0.3 is 0 Å². The van der Waals surface area contributed by atoms with E-state index in [1.807, 2.05) is 45.0 Å². The van der Waals surface area contributed by atoms with Gasteiger partial charge in [-0.1, -0.05) is 26.0 Å². The van der Waals surface area contributed by atoms with Gasteiger partial charge in [-0.3, -0.25) is 4.79 Å². The average molecular weight is 388 g/mol. The smallest absolute Gasteiger partial charge is 0.245 e. The summed E-state index contributed by atoms with van der Waals surface area (Å²) in [6.45, 7) is 6.58. The number of benzene rings is 1. The van der Waals surface area contributed by atoms with Gasteiger partial charge in [0.05, 0.1) is 11.8 Å². The number of hydrogen-bond donors (Lipinski definition) is 2. The Morgan fingerprint density at radius 2 is 2.15 bits per heavy atom. The van der Waals surface area contributed by atoms with Gasteiger partial charge in [-0.2, -0.15) is 0 Å². The number of hydrogen-bond acceptors (Lipinski definition) is 3. The third-order valence-electron chi connectivity index (χ3n) is 4.36. The molecule has 1 fully saturated rings. The predicted molar refractivity (Wildman–Crippen MR) is 88.5 cm³/mol. The molecule has 1 aliphatic rings. The largest absolute Gasteiger partial charge is 0.378 e. The number of nitrogens with one attached hydrogen (secondary N) is 1. The van der Waals surface area contributed by atoms with Crippen LogP contribution in [0.3, 0.4) is 0 Å². The van der Waals surface area contributed by atoms with Crippen molar-refractivity contribution in [2.45, 2.75) is 38.8 Å². The number of carbonyl (C=O) groups is 1. The standard InChI is InChI=1S/C15H21IN2O2/c1-4-20-12-9-15(17,14(12,2)3)13(19)18-11-8-6-5-7-10(11)16/h5-8,12H,4,9,17H2,1-3H3,(H,18,19). The van der Waals surface area contributed by atoms with Crippen LogP contribution in [0.5, 0.6) is 0 Å². The number of ether oxygens (including phenoxy) is 1. The lowest BCUT2D eigenvalue weighted by Crippen LogP contribution is -2.74. The van der Waals surface area contributed by atoms with Gasteiger partial charge in [0.1, 0.15) is 5.54 Å².